The number of hydrogen-bond acceptors (Lipinski definition) is 5. The number of hydrogen-bond donors (Lipinski definition) is 3. The highest BCUT2D eigenvalue weighted by molar-refractivity contribution is 14.1. The molecule has 3 N–H and O–H groups in total. The largest absolute Gasteiger partial charge is 0.394 e. The van der Waals surface area contributed by atoms with Gasteiger partial charge in [0.2, 0.25) is 0 Å². The van der Waals surface area contributed by atoms with Gasteiger partial charge in [-0.1, -0.05) is 15.9 Å². The van der Waals surface area contributed by atoms with E-state index in [0.29, 0.717) is 0 Å². The van der Waals surface area contributed by atoms with Crippen molar-refractivity contribution in [3.63, 3.8) is 0 Å². The van der Waals surface area contributed by atoms with Crippen LogP contribution in [0, 0.1) is 0 Å². The van der Waals surface area contributed by atoms with E-state index in [2.05, 4.69) is 20.9 Å². The molecular weight excluding hydrogens is 466 g/mol. The van der Waals surface area contributed by atoms with E-state index in [-0.39, 0.29) is 18.6 Å². The normalized spacial score (nSPS) is 28.5. The molecule has 21 heavy (non-hydrogen) atoms. The van der Waals surface area contributed by atoms with Crippen LogP contribution in [0.3, 0.4) is 0 Å². The third-order valence-corrected chi connectivity index (χ3v) is 5.87. The van der Waals surface area contributed by atoms with E-state index in [1.807, 2.05) is 0 Å². The van der Waals surface area contributed by atoms with Crippen LogP contribution in [0.1, 0.15) is 23.0 Å². The van der Waals surface area contributed by atoms with E-state index in [1.165, 1.54) is 28.8 Å². The molecule has 1 saturated heterocycles. The molecule has 2 unspecified atom stereocenters. The molecule has 0 radical (unpaired) electrons. The molecule has 1 aromatic heterocycles. The summed E-state index contributed by atoms with van der Waals surface area (Å²) in [6.45, 7) is -0.385. The van der Waals surface area contributed by atoms with Crippen LogP contribution in [-0.2, 0) is 4.74 Å². The Bertz CT molecular complexity index is 621. The molecule has 10 heteroatoms. The summed E-state index contributed by atoms with van der Waals surface area (Å²) in [5.41, 5.74) is -1.36. The molecule has 7 nitrogen and oxygen atoms in total. The molecule has 0 saturated carbocycles. The molecule has 0 bridgehead atoms. The van der Waals surface area contributed by atoms with Gasteiger partial charge in [-0.15, -0.1) is 0 Å². The number of nitrogens with one attached hydrogen (secondary N) is 1. The smallest absolute Gasteiger partial charge is 0.330 e. The van der Waals surface area contributed by atoms with E-state index in [0.717, 1.165) is 4.57 Å². The van der Waals surface area contributed by atoms with Gasteiger partial charge < -0.3 is 14.9 Å². The summed E-state index contributed by atoms with van der Waals surface area (Å²) in [5.74, 6) is 0. The third kappa shape index (κ3) is 3.55. The monoisotopic (exact) mass is 478 g/mol. The number of H-pyrrole nitrogens is 1. The van der Waals surface area contributed by atoms with Crippen LogP contribution in [-0.4, -0.2) is 42.8 Å². The Labute approximate surface area is 140 Å². The minimum absolute atomic E-state index is 0.0436. The second kappa shape index (κ2) is 6.86. The molecule has 0 amide bonds. The Hall–Kier alpha value is -0.300. The molecule has 1 fully saturated rings. The maximum absolute atomic E-state index is 13.3. The van der Waals surface area contributed by atoms with Gasteiger partial charge in [-0.3, -0.25) is 14.3 Å². The van der Waals surface area contributed by atoms with Crippen LogP contribution in [0.25, 0.3) is 0 Å². The Morgan fingerprint density at radius 3 is 2.81 bits per heavy atom. The Morgan fingerprint density at radius 2 is 2.29 bits per heavy atom. The fraction of sp³-hybridized carbons (Fsp3) is 0.636. The summed E-state index contributed by atoms with van der Waals surface area (Å²) < 4.78 is 18.4. The summed E-state index contributed by atoms with van der Waals surface area (Å²) in [4.78, 5) is 24.8. The fourth-order valence-corrected chi connectivity index (χ4v) is 2.81. The first-order chi connectivity index (χ1) is 9.85. The van der Waals surface area contributed by atoms with E-state index < -0.39 is 38.7 Å². The molecule has 1 aliphatic heterocycles. The molecule has 2 heterocycles. The van der Waals surface area contributed by atoms with Crippen molar-refractivity contribution in [1.29, 1.82) is 0 Å². The van der Waals surface area contributed by atoms with Crippen LogP contribution >= 0.6 is 38.5 Å². The zero-order valence-electron chi connectivity index (χ0n) is 10.6. The number of halogens is 3. The zero-order valence-corrected chi connectivity index (χ0v) is 14.3. The van der Waals surface area contributed by atoms with Crippen LogP contribution in [0.5, 0.6) is 0 Å². The van der Waals surface area contributed by atoms with Gasteiger partial charge in [-0.25, -0.2) is 9.18 Å². The third-order valence-electron chi connectivity index (χ3n) is 3.21. The average Bonchev–Trinajstić information content (AvgIpc) is 2.79. The number of nitrogens with zero attached hydrogens (tertiary/aromatic N) is 1. The molecule has 1 aromatic rings. The number of aromatic amines is 1. The van der Waals surface area contributed by atoms with Gasteiger partial charge in [0.25, 0.3) is 5.56 Å². The van der Waals surface area contributed by atoms with Gasteiger partial charge in [0.05, 0.1) is 23.1 Å². The lowest BCUT2D eigenvalue weighted by Gasteiger charge is -2.17. The number of aliphatic hydroxyl groups excluding tert-OH is 2. The van der Waals surface area contributed by atoms with E-state index in [9.17, 15) is 19.1 Å². The molecule has 118 valence electrons. The van der Waals surface area contributed by atoms with Crippen molar-refractivity contribution in [2.75, 3.05) is 6.61 Å². The van der Waals surface area contributed by atoms with Crippen LogP contribution in [0.15, 0.2) is 15.8 Å². The summed E-state index contributed by atoms with van der Waals surface area (Å²) >= 11 is 4.57. The van der Waals surface area contributed by atoms with E-state index >= 15 is 0 Å². The number of ether oxygens (including phenoxy) is 1. The number of alkyl halides is 3. The second-order valence-corrected chi connectivity index (χ2v) is 6.78. The highest BCUT2D eigenvalue weighted by Crippen LogP contribution is 2.31. The standard InChI is InChI=1S/C11H13BrFIN2O5/c12-8(9(13)14)4-2-16(11(20)15-10(4)19)7-1-5(18)6(3-17)21-7/h2,5-9,17-18H,1,3H2,(H,15,19,20)/t5-,6+,7+,8?,9?/m0/s1. The van der Waals surface area contributed by atoms with Crippen molar-refractivity contribution in [2.24, 2.45) is 0 Å². The lowest BCUT2D eigenvalue weighted by Crippen LogP contribution is -2.35. The van der Waals surface area contributed by atoms with Gasteiger partial charge in [0, 0.05) is 12.6 Å². The Balaban J connectivity index is 2.39. The highest BCUT2D eigenvalue weighted by atomic mass is 127. The van der Waals surface area contributed by atoms with Gasteiger partial charge in [-0.2, -0.15) is 0 Å². The predicted octanol–water partition coefficient (Wildman–Crippen LogP) is 0.344. The minimum atomic E-state index is -1.37. The first kappa shape index (κ1) is 17.1. The van der Waals surface area contributed by atoms with Gasteiger partial charge in [0.15, 0.2) is 4.18 Å². The van der Waals surface area contributed by atoms with Crippen molar-refractivity contribution in [2.45, 2.75) is 33.9 Å². The van der Waals surface area contributed by atoms with Crippen molar-refractivity contribution in [3.8, 4) is 0 Å². The molecular formula is C11H13BrFIN2O5. The van der Waals surface area contributed by atoms with Crippen molar-refractivity contribution in [1.82, 2.24) is 9.55 Å². The topological polar surface area (TPSA) is 105 Å². The van der Waals surface area contributed by atoms with Crippen molar-refractivity contribution in [3.05, 3.63) is 32.6 Å². The highest BCUT2D eigenvalue weighted by Gasteiger charge is 2.35. The zero-order chi connectivity index (χ0) is 15.7. The molecule has 0 aromatic carbocycles. The first-order valence-corrected chi connectivity index (χ1v) is 8.23. The summed E-state index contributed by atoms with van der Waals surface area (Å²) in [7, 11) is 0. The van der Waals surface area contributed by atoms with Crippen molar-refractivity contribution < 1.29 is 19.3 Å². The predicted molar refractivity (Wildman–Crippen MR) is 83.5 cm³/mol. The summed E-state index contributed by atoms with van der Waals surface area (Å²) in [6, 6.07) is 0. The lowest BCUT2D eigenvalue weighted by atomic mass is 10.2. The van der Waals surface area contributed by atoms with Gasteiger partial charge in [-0.05, 0) is 22.6 Å². The second-order valence-electron chi connectivity index (χ2n) is 4.60. The summed E-state index contributed by atoms with van der Waals surface area (Å²) in [6.07, 6.45) is -1.24. The number of rotatable bonds is 4. The summed E-state index contributed by atoms with van der Waals surface area (Å²) in [5, 5.41) is 18.7. The van der Waals surface area contributed by atoms with Gasteiger partial charge >= 0.3 is 5.69 Å². The molecule has 0 spiro atoms. The van der Waals surface area contributed by atoms with Gasteiger partial charge in [0.1, 0.15) is 12.3 Å². The number of aromatic nitrogens is 2. The SMILES string of the molecule is O=c1[nH]c(=O)n([C@H]2C[C@H](O)[C@@H](CO)O2)cc1C(Br)C(F)I. The van der Waals surface area contributed by atoms with Crippen LogP contribution in [0.2, 0.25) is 0 Å². The lowest BCUT2D eigenvalue weighted by molar-refractivity contribution is -0.0460. The van der Waals surface area contributed by atoms with Crippen LogP contribution < -0.4 is 11.2 Å². The molecule has 2 rings (SSSR count). The maximum Gasteiger partial charge on any atom is 0.330 e. The minimum Gasteiger partial charge on any atom is -0.394 e. The molecule has 0 aliphatic carbocycles. The van der Waals surface area contributed by atoms with E-state index in [4.69, 9.17) is 9.84 Å². The first-order valence-electron chi connectivity index (χ1n) is 6.07. The Morgan fingerprint density at radius 1 is 1.62 bits per heavy atom. The maximum atomic E-state index is 13.3. The van der Waals surface area contributed by atoms with Crippen molar-refractivity contribution >= 4 is 38.5 Å². The molecule has 5 atom stereocenters. The average molecular weight is 479 g/mol. The fourth-order valence-electron chi connectivity index (χ4n) is 2.10. The quantitative estimate of drug-likeness (QED) is 0.427. The number of aliphatic hydroxyl groups is 2. The Kier molecular flexibility index (Phi) is 5.57. The van der Waals surface area contributed by atoms with E-state index in [1.54, 1.807) is 0 Å². The molecule has 1 aliphatic rings. The van der Waals surface area contributed by atoms with Crippen LogP contribution in [0.4, 0.5) is 4.39 Å².